The zero-order valence-corrected chi connectivity index (χ0v) is 7.75. The zero-order chi connectivity index (χ0) is 9.26. The molecule has 0 bridgehead atoms. The van der Waals surface area contributed by atoms with Gasteiger partial charge in [0, 0.05) is 0 Å². The van der Waals surface area contributed by atoms with E-state index in [0.29, 0.717) is 0 Å². The molecule has 0 fully saturated rings. The van der Waals surface area contributed by atoms with Crippen molar-refractivity contribution < 1.29 is 0 Å². The van der Waals surface area contributed by atoms with Crippen LogP contribution in [-0.2, 0) is 0 Å². The van der Waals surface area contributed by atoms with Gasteiger partial charge in [0.05, 0.1) is 0 Å². The van der Waals surface area contributed by atoms with Crippen LogP contribution in [0.25, 0.3) is 11.1 Å². The molecule has 0 heterocycles. The lowest BCUT2D eigenvalue weighted by Crippen LogP contribution is -1.80. The number of hydrogen-bond donors (Lipinski definition) is 0. The Morgan fingerprint density at radius 3 is 2.46 bits per heavy atom. The summed E-state index contributed by atoms with van der Waals surface area (Å²) < 4.78 is 0. The predicted octanol–water partition coefficient (Wildman–Crippen LogP) is 3.67. The van der Waals surface area contributed by atoms with Crippen LogP contribution in [0.5, 0.6) is 0 Å². The van der Waals surface area contributed by atoms with Gasteiger partial charge in [0.1, 0.15) is 0 Å². The quantitative estimate of drug-likeness (QED) is 0.600. The molecule has 1 aliphatic carbocycles. The van der Waals surface area contributed by atoms with Crippen LogP contribution >= 0.6 is 0 Å². The van der Waals surface area contributed by atoms with Crippen molar-refractivity contribution in [1.82, 2.24) is 0 Å². The molecule has 0 aromatic heterocycles. The van der Waals surface area contributed by atoms with Gasteiger partial charge in [-0.05, 0) is 35.3 Å². The Balaban J connectivity index is 2.67. The van der Waals surface area contributed by atoms with E-state index in [9.17, 15) is 0 Å². The largest absolute Gasteiger partial charge is 0.0984 e. The number of hydrogen-bond acceptors (Lipinski definition) is 0. The molecule has 0 spiro atoms. The van der Waals surface area contributed by atoms with E-state index >= 15 is 0 Å². The summed E-state index contributed by atoms with van der Waals surface area (Å²) in [5, 5.41) is 0. The fourth-order valence-electron chi connectivity index (χ4n) is 1.72. The number of allylic oxidation sites excluding steroid dienone is 5. The van der Waals surface area contributed by atoms with Crippen molar-refractivity contribution in [2.45, 2.75) is 6.92 Å². The Hall–Kier alpha value is -1.56. The molecule has 0 atom stereocenters. The number of fused-ring (bicyclic) bond motifs is 1. The van der Waals surface area contributed by atoms with Crippen LogP contribution in [0.3, 0.4) is 0 Å². The van der Waals surface area contributed by atoms with Gasteiger partial charge in [-0.1, -0.05) is 43.0 Å². The minimum Gasteiger partial charge on any atom is -0.0984 e. The van der Waals surface area contributed by atoms with E-state index in [-0.39, 0.29) is 0 Å². The van der Waals surface area contributed by atoms with E-state index in [0.717, 1.165) is 0 Å². The van der Waals surface area contributed by atoms with Gasteiger partial charge in [-0.3, -0.25) is 0 Å². The molecule has 2 rings (SSSR count). The first-order valence-electron chi connectivity index (χ1n) is 4.47. The summed E-state index contributed by atoms with van der Waals surface area (Å²) in [6, 6.07) is 8.42. The molecule has 1 aromatic carbocycles. The maximum absolute atomic E-state index is 3.81. The van der Waals surface area contributed by atoms with E-state index in [1.165, 1.54) is 22.3 Å². The minimum absolute atomic E-state index is 1.23. The van der Waals surface area contributed by atoms with Gasteiger partial charge in [-0.2, -0.15) is 0 Å². The highest BCUT2D eigenvalue weighted by Crippen LogP contribution is 2.35. The summed E-state index contributed by atoms with van der Waals surface area (Å²) >= 11 is 0. The molecule has 1 aromatic rings. The lowest BCUT2D eigenvalue weighted by molar-refractivity contribution is 1.59. The lowest BCUT2D eigenvalue weighted by Gasteiger charge is -2.00. The maximum atomic E-state index is 3.81. The molecule has 0 amide bonds. The molecule has 64 valence electrons. The Morgan fingerprint density at radius 2 is 1.85 bits per heavy atom. The van der Waals surface area contributed by atoms with Crippen molar-refractivity contribution in [3.05, 3.63) is 60.2 Å². The van der Waals surface area contributed by atoms with Crippen LogP contribution in [-0.4, -0.2) is 0 Å². The average molecular weight is 168 g/mol. The van der Waals surface area contributed by atoms with Crippen LogP contribution in [0.15, 0.2) is 49.1 Å². The van der Waals surface area contributed by atoms with Crippen LogP contribution in [0.2, 0.25) is 0 Å². The summed E-state index contributed by atoms with van der Waals surface area (Å²) in [6.45, 7) is 5.88. The normalized spacial score (nSPS) is 17.0. The third-order valence-corrected chi connectivity index (χ3v) is 2.39. The highest BCUT2D eigenvalue weighted by Gasteiger charge is 2.13. The molecular weight excluding hydrogens is 156 g/mol. The van der Waals surface area contributed by atoms with Crippen molar-refractivity contribution in [1.29, 1.82) is 0 Å². The van der Waals surface area contributed by atoms with Gasteiger partial charge in [-0.25, -0.2) is 0 Å². The Labute approximate surface area is 78.9 Å². The van der Waals surface area contributed by atoms with Gasteiger partial charge in [0.25, 0.3) is 0 Å². The topological polar surface area (TPSA) is 0 Å². The third-order valence-electron chi connectivity index (χ3n) is 2.39. The maximum Gasteiger partial charge on any atom is -0.0106 e. The van der Waals surface area contributed by atoms with Crippen LogP contribution in [0.1, 0.15) is 18.1 Å². The van der Waals surface area contributed by atoms with Crippen LogP contribution < -0.4 is 0 Å². The molecule has 0 unspecified atom stereocenters. The highest BCUT2D eigenvalue weighted by molar-refractivity contribution is 5.98. The summed E-state index contributed by atoms with van der Waals surface area (Å²) in [5.41, 5.74) is 5.14. The Kier molecular flexibility index (Phi) is 1.90. The Morgan fingerprint density at radius 1 is 1.15 bits per heavy atom. The molecule has 13 heavy (non-hydrogen) atoms. The molecule has 0 radical (unpaired) electrons. The predicted molar refractivity (Wildman–Crippen MR) is 58.3 cm³/mol. The molecule has 0 saturated carbocycles. The summed E-state index contributed by atoms with van der Waals surface area (Å²) in [7, 11) is 0. The number of benzene rings is 1. The first kappa shape index (κ1) is 8.06. The summed E-state index contributed by atoms with van der Waals surface area (Å²) in [4.78, 5) is 0. The molecule has 0 N–H and O–H groups in total. The Bertz CT molecular complexity index is 406. The lowest BCUT2D eigenvalue weighted by atomic mass is 10.0. The molecule has 0 heteroatoms. The standard InChI is InChI=1S/C13H12/c1-3-10-9-11(4-2)13-8-6-5-7-12(10)13/h3-9H,1H2,2H3/b11-4-. The van der Waals surface area contributed by atoms with Gasteiger partial charge in [0.15, 0.2) is 0 Å². The molecule has 0 saturated heterocycles. The van der Waals surface area contributed by atoms with Gasteiger partial charge < -0.3 is 0 Å². The zero-order valence-electron chi connectivity index (χ0n) is 7.75. The van der Waals surface area contributed by atoms with E-state index in [4.69, 9.17) is 0 Å². The van der Waals surface area contributed by atoms with Gasteiger partial charge in [0.2, 0.25) is 0 Å². The molecule has 0 nitrogen and oxygen atoms in total. The smallest absolute Gasteiger partial charge is 0.0106 e. The second-order valence-corrected chi connectivity index (χ2v) is 3.09. The monoisotopic (exact) mass is 168 g/mol. The van der Waals surface area contributed by atoms with E-state index in [1.54, 1.807) is 0 Å². The van der Waals surface area contributed by atoms with Gasteiger partial charge >= 0.3 is 0 Å². The molecule has 1 aliphatic rings. The fourth-order valence-corrected chi connectivity index (χ4v) is 1.72. The van der Waals surface area contributed by atoms with Crippen molar-refractivity contribution in [2.75, 3.05) is 0 Å². The van der Waals surface area contributed by atoms with Crippen molar-refractivity contribution in [2.24, 2.45) is 0 Å². The van der Waals surface area contributed by atoms with E-state index in [1.807, 2.05) is 6.08 Å². The van der Waals surface area contributed by atoms with Gasteiger partial charge in [-0.15, -0.1) is 0 Å². The summed E-state index contributed by atoms with van der Waals surface area (Å²) in [6.07, 6.45) is 6.22. The minimum atomic E-state index is 1.23. The number of rotatable bonds is 1. The fraction of sp³-hybridized carbons (Fsp3) is 0.0769. The second kappa shape index (κ2) is 3.06. The van der Waals surface area contributed by atoms with Crippen LogP contribution in [0, 0.1) is 0 Å². The van der Waals surface area contributed by atoms with Crippen molar-refractivity contribution >= 4 is 11.1 Å². The second-order valence-electron chi connectivity index (χ2n) is 3.09. The summed E-state index contributed by atoms with van der Waals surface area (Å²) in [5.74, 6) is 0. The first-order chi connectivity index (χ1) is 6.36. The SMILES string of the molecule is C=CC1=C/C(=C/C)c2ccccc21. The molecular formula is C13H12. The van der Waals surface area contributed by atoms with E-state index < -0.39 is 0 Å². The highest BCUT2D eigenvalue weighted by atomic mass is 14.2. The van der Waals surface area contributed by atoms with Crippen molar-refractivity contribution in [3.63, 3.8) is 0 Å². The third kappa shape index (κ3) is 1.15. The van der Waals surface area contributed by atoms with Crippen molar-refractivity contribution in [3.8, 4) is 0 Å². The van der Waals surface area contributed by atoms with E-state index in [2.05, 4.69) is 49.9 Å². The average Bonchev–Trinajstić information content (AvgIpc) is 2.56. The molecule has 0 aliphatic heterocycles. The first-order valence-corrected chi connectivity index (χ1v) is 4.47. The van der Waals surface area contributed by atoms with Crippen LogP contribution in [0.4, 0.5) is 0 Å².